The lowest BCUT2D eigenvalue weighted by Gasteiger charge is -2.09. The number of nitro benzene ring substituents is 1. The lowest BCUT2D eigenvalue weighted by atomic mass is 10.2. The van der Waals surface area contributed by atoms with E-state index in [1.54, 1.807) is 18.2 Å². The second kappa shape index (κ2) is 8.95. The van der Waals surface area contributed by atoms with Gasteiger partial charge in [-0.1, -0.05) is 28.9 Å². The lowest BCUT2D eigenvalue weighted by Crippen LogP contribution is -2.22. The molecular weight excluding hydrogens is 456 g/mol. The van der Waals surface area contributed by atoms with Crippen LogP contribution >= 0.6 is 15.9 Å². The number of nitrogens with zero attached hydrogens (tertiary/aromatic N) is 4. The maximum Gasteiger partial charge on any atom is 0.312 e. The summed E-state index contributed by atoms with van der Waals surface area (Å²) in [6.07, 6.45) is 2.49. The van der Waals surface area contributed by atoms with Crippen LogP contribution in [0.3, 0.4) is 0 Å². The average Bonchev–Trinajstić information content (AvgIpc) is 2.69. The van der Waals surface area contributed by atoms with Gasteiger partial charge in [-0.15, -0.1) is 0 Å². The molecule has 0 atom stereocenters. The van der Waals surface area contributed by atoms with Crippen LogP contribution in [0.25, 0.3) is 10.9 Å². The lowest BCUT2D eigenvalue weighted by molar-refractivity contribution is -0.385. The molecule has 0 aliphatic carbocycles. The van der Waals surface area contributed by atoms with Crippen molar-refractivity contribution in [3.05, 3.63) is 72.7 Å². The summed E-state index contributed by atoms with van der Waals surface area (Å²) in [4.78, 5) is 39.6. The van der Waals surface area contributed by atoms with Gasteiger partial charge in [0, 0.05) is 29.4 Å². The van der Waals surface area contributed by atoms with Gasteiger partial charge in [-0.2, -0.15) is 9.78 Å². The number of fused-ring (bicyclic) bond motifs is 1. The van der Waals surface area contributed by atoms with Crippen molar-refractivity contribution in [2.75, 3.05) is 0 Å². The number of benzene rings is 2. The van der Waals surface area contributed by atoms with Gasteiger partial charge in [0.15, 0.2) is 0 Å². The molecule has 10 heteroatoms. The number of rotatable bonds is 6. The van der Waals surface area contributed by atoms with E-state index in [0.29, 0.717) is 23.1 Å². The maximum absolute atomic E-state index is 13.0. The third-order valence-electron chi connectivity index (χ3n) is 4.13. The average molecular weight is 473 g/mol. The minimum atomic E-state index is -0.708. The predicted molar refractivity (Wildman–Crippen MR) is 115 cm³/mol. The standard InChI is InChI=1S/C20H17BrN4O5/c1-3-5-18-23-16-9-8-14(21)10-15(16)20(27)24(18)22-11-13-6-4-7-17(25(28)29)19(13)30-12(2)26/h4,6-11H,3,5H2,1-2H3. The van der Waals surface area contributed by atoms with Crippen molar-refractivity contribution in [3.63, 3.8) is 0 Å². The molecule has 0 bridgehead atoms. The van der Waals surface area contributed by atoms with Crippen molar-refractivity contribution in [1.82, 2.24) is 9.66 Å². The molecule has 0 saturated heterocycles. The fraction of sp³-hybridized carbons (Fsp3) is 0.200. The van der Waals surface area contributed by atoms with E-state index < -0.39 is 10.9 Å². The Morgan fingerprint density at radius 1 is 1.37 bits per heavy atom. The number of carbonyl (C=O) groups excluding carboxylic acids is 1. The van der Waals surface area contributed by atoms with E-state index in [1.165, 1.54) is 24.4 Å². The molecule has 3 rings (SSSR count). The zero-order valence-electron chi connectivity index (χ0n) is 16.2. The summed E-state index contributed by atoms with van der Waals surface area (Å²) in [6, 6.07) is 9.37. The zero-order chi connectivity index (χ0) is 21.8. The van der Waals surface area contributed by atoms with Gasteiger partial charge in [-0.25, -0.2) is 4.98 Å². The van der Waals surface area contributed by atoms with Crippen LogP contribution in [-0.4, -0.2) is 26.8 Å². The number of ether oxygens (including phenoxy) is 1. The van der Waals surface area contributed by atoms with E-state index in [1.807, 2.05) is 6.92 Å². The van der Waals surface area contributed by atoms with Crippen molar-refractivity contribution >= 4 is 44.7 Å². The molecule has 1 heterocycles. The predicted octanol–water partition coefficient (Wildman–Crippen LogP) is 3.83. The Hall–Kier alpha value is -3.40. The highest BCUT2D eigenvalue weighted by Crippen LogP contribution is 2.30. The number of aryl methyl sites for hydroxylation is 1. The van der Waals surface area contributed by atoms with Crippen LogP contribution in [-0.2, 0) is 11.2 Å². The summed E-state index contributed by atoms with van der Waals surface area (Å²) < 4.78 is 6.93. The van der Waals surface area contributed by atoms with E-state index in [-0.39, 0.29) is 22.6 Å². The number of halogens is 1. The molecule has 154 valence electrons. The number of nitro groups is 1. The van der Waals surface area contributed by atoms with Crippen LogP contribution in [0, 0.1) is 10.1 Å². The Morgan fingerprint density at radius 3 is 2.80 bits per heavy atom. The van der Waals surface area contributed by atoms with Crippen LogP contribution < -0.4 is 10.3 Å². The SMILES string of the molecule is CCCc1nc2ccc(Br)cc2c(=O)n1N=Cc1cccc([N+](=O)[O-])c1OC(C)=O. The van der Waals surface area contributed by atoms with Gasteiger partial charge < -0.3 is 4.74 Å². The Bertz CT molecular complexity index is 1240. The summed E-state index contributed by atoms with van der Waals surface area (Å²) in [5, 5.41) is 15.9. The van der Waals surface area contributed by atoms with Gasteiger partial charge in [0.25, 0.3) is 5.56 Å². The molecule has 1 aromatic heterocycles. The summed E-state index contributed by atoms with van der Waals surface area (Å²) in [5.74, 6) is -0.492. The number of hydrogen-bond donors (Lipinski definition) is 0. The summed E-state index contributed by atoms with van der Waals surface area (Å²) in [5.41, 5.74) is -0.0200. The zero-order valence-corrected chi connectivity index (χ0v) is 17.7. The van der Waals surface area contributed by atoms with Gasteiger partial charge in [0.05, 0.1) is 22.0 Å². The monoisotopic (exact) mass is 472 g/mol. The Labute approximate surface area is 179 Å². The molecule has 0 saturated carbocycles. The highest BCUT2D eigenvalue weighted by atomic mass is 79.9. The second-order valence-corrected chi connectivity index (χ2v) is 7.26. The molecule has 0 fully saturated rings. The molecule has 0 amide bonds. The fourth-order valence-electron chi connectivity index (χ4n) is 2.86. The topological polar surface area (TPSA) is 117 Å². The largest absolute Gasteiger partial charge is 0.419 e. The van der Waals surface area contributed by atoms with Crippen molar-refractivity contribution in [2.45, 2.75) is 26.7 Å². The van der Waals surface area contributed by atoms with E-state index in [0.717, 1.165) is 22.5 Å². The molecule has 9 nitrogen and oxygen atoms in total. The fourth-order valence-corrected chi connectivity index (χ4v) is 3.22. The summed E-state index contributed by atoms with van der Waals surface area (Å²) in [6.45, 7) is 3.10. The van der Waals surface area contributed by atoms with E-state index in [9.17, 15) is 19.7 Å². The quantitative estimate of drug-likeness (QED) is 0.177. The maximum atomic E-state index is 13.0. The Morgan fingerprint density at radius 2 is 2.13 bits per heavy atom. The first-order chi connectivity index (χ1) is 14.3. The third kappa shape index (κ3) is 4.43. The Balaban J connectivity index is 2.18. The summed E-state index contributed by atoms with van der Waals surface area (Å²) in [7, 11) is 0. The molecule has 0 aliphatic rings. The molecule has 3 aromatic rings. The number of carbonyl (C=O) groups is 1. The van der Waals surface area contributed by atoms with E-state index in [2.05, 4.69) is 26.0 Å². The highest BCUT2D eigenvalue weighted by Gasteiger charge is 2.20. The number of hydrogen-bond acceptors (Lipinski definition) is 7. The van der Waals surface area contributed by atoms with Crippen molar-refractivity contribution in [2.24, 2.45) is 5.10 Å². The highest BCUT2D eigenvalue weighted by molar-refractivity contribution is 9.10. The van der Waals surface area contributed by atoms with Gasteiger partial charge in [-0.05, 0) is 30.7 Å². The molecule has 0 unspecified atom stereocenters. The van der Waals surface area contributed by atoms with E-state index in [4.69, 9.17) is 4.74 Å². The second-order valence-electron chi connectivity index (χ2n) is 6.35. The van der Waals surface area contributed by atoms with Crippen LogP contribution in [0.5, 0.6) is 5.75 Å². The first-order valence-corrected chi connectivity index (χ1v) is 9.82. The minimum absolute atomic E-state index is 0.183. The molecular formula is C20H17BrN4O5. The normalized spacial score (nSPS) is 11.2. The van der Waals surface area contributed by atoms with Crippen LogP contribution in [0.4, 0.5) is 5.69 Å². The van der Waals surface area contributed by atoms with Gasteiger partial charge in [-0.3, -0.25) is 19.7 Å². The molecule has 2 aromatic carbocycles. The van der Waals surface area contributed by atoms with Crippen molar-refractivity contribution in [1.29, 1.82) is 0 Å². The Kier molecular flexibility index (Phi) is 6.36. The van der Waals surface area contributed by atoms with Gasteiger partial charge >= 0.3 is 11.7 Å². The molecule has 0 radical (unpaired) electrons. The molecule has 30 heavy (non-hydrogen) atoms. The van der Waals surface area contributed by atoms with Crippen molar-refractivity contribution in [3.8, 4) is 5.75 Å². The molecule has 0 aliphatic heterocycles. The summed E-state index contributed by atoms with van der Waals surface area (Å²) >= 11 is 3.34. The number of aromatic nitrogens is 2. The first kappa shape index (κ1) is 21.3. The molecule has 0 N–H and O–H groups in total. The first-order valence-electron chi connectivity index (χ1n) is 9.03. The number of esters is 1. The smallest absolute Gasteiger partial charge is 0.312 e. The van der Waals surface area contributed by atoms with Gasteiger partial charge in [0.1, 0.15) is 5.82 Å². The van der Waals surface area contributed by atoms with Gasteiger partial charge in [0.2, 0.25) is 5.75 Å². The van der Waals surface area contributed by atoms with E-state index >= 15 is 0 Å². The van der Waals surface area contributed by atoms with Crippen molar-refractivity contribution < 1.29 is 14.5 Å². The third-order valence-corrected chi connectivity index (χ3v) is 4.62. The molecule has 0 spiro atoms. The van der Waals surface area contributed by atoms with Crippen LogP contribution in [0.1, 0.15) is 31.7 Å². The minimum Gasteiger partial charge on any atom is -0.419 e. The van der Waals surface area contributed by atoms with Crippen LogP contribution in [0.2, 0.25) is 0 Å². The van der Waals surface area contributed by atoms with Crippen LogP contribution in [0.15, 0.2) is 50.8 Å². The number of para-hydroxylation sites is 1.